The van der Waals surface area contributed by atoms with Crippen LogP contribution in [0.3, 0.4) is 0 Å². The second-order valence-electron chi connectivity index (χ2n) is 7.24. The summed E-state index contributed by atoms with van der Waals surface area (Å²) in [6, 6.07) is 13.6. The Balaban J connectivity index is 1.49. The number of carboxylic acid groups (broad SMARTS) is 1. The van der Waals surface area contributed by atoms with Gasteiger partial charge in [-0.3, -0.25) is 9.69 Å². The number of allylic oxidation sites excluding steroid dienone is 2. The SMILES string of the molecule is O=C(O)C1=CNC(Nc2ccc(OC3NC=CC=C3F)cc2)N(Cc2ccc(Cl)cc2)C1=O. The molecule has 0 fully saturated rings. The van der Waals surface area contributed by atoms with E-state index in [1.165, 1.54) is 17.2 Å². The Morgan fingerprint density at radius 2 is 1.88 bits per heavy atom. The number of dihydropyridines is 1. The lowest BCUT2D eigenvalue weighted by Gasteiger charge is -2.36. The predicted octanol–water partition coefficient (Wildman–Crippen LogP) is 3.31. The molecule has 0 aromatic heterocycles. The van der Waals surface area contributed by atoms with Crippen LogP contribution in [0.4, 0.5) is 10.1 Å². The van der Waals surface area contributed by atoms with Crippen LogP contribution in [0.1, 0.15) is 5.56 Å². The first-order chi connectivity index (χ1) is 15.9. The van der Waals surface area contributed by atoms with Crippen LogP contribution in [0, 0.1) is 0 Å². The van der Waals surface area contributed by atoms with E-state index in [1.54, 1.807) is 60.8 Å². The van der Waals surface area contributed by atoms with Gasteiger partial charge in [0.2, 0.25) is 6.23 Å². The van der Waals surface area contributed by atoms with Crippen molar-refractivity contribution in [2.45, 2.75) is 19.1 Å². The smallest absolute Gasteiger partial charge is 0.342 e. The van der Waals surface area contributed by atoms with Crippen molar-refractivity contribution in [3.63, 3.8) is 0 Å². The fraction of sp³-hybridized carbons (Fsp3) is 0.130. The average molecular weight is 471 g/mol. The Hall–Kier alpha value is -3.98. The van der Waals surface area contributed by atoms with Crippen LogP contribution in [0.15, 0.2) is 84.5 Å². The number of nitrogens with one attached hydrogen (secondary N) is 3. The first kappa shape index (κ1) is 22.2. The number of hydrogen-bond donors (Lipinski definition) is 4. The highest BCUT2D eigenvalue weighted by molar-refractivity contribution is 6.30. The Bertz CT molecular complexity index is 1130. The molecule has 0 saturated carbocycles. The maximum Gasteiger partial charge on any atom is 0.342 e. The molecule has 8 nitrogen and oxygen atoms in total. The van der Waals surface area contributed by atoms with E-state index < -0.39 is 30.2 Å². The van der Waals surface area contributed by atoms with E-state index in [0.717, 1.165) is 5.56 Å². The number of amides is 1. The van der Waals surface area contributed by atoms with Gasteiger partial charge in [-0.15, -0.1) is 0 Å². The Morgan fingerprint density at radius 1 is 1.15 bits per heavy atom. The van der Waals surface area contributed by atoms with Gasteiger partial charge in [-0.25, -0.2) is 9.18 Å². The van der Waals surface area contributed by atoms with Crippen molar-refractivity contribution < 1.29 is 23.8 Å². The standard InChI is InChI=1S/C23H20ClFN4O4/c24-15-5-3-14(4-6-15)13-29-21(30)18(22(31)32)12-27-23(29)28-16-7-9-17(10-8-16)33-20-19(25)2-1-11-26-20/h1-12,20,23,26-28H,13H2,(H,31,32). The van der Waals surface area contributed by atoms with Crippen LogP contribution < -0.4 is 20.7 Å². The Morgan fingerprint density at radius 3 is 2.55 bits per heavy atom. The molecule has 0 aliphatic carbocycles. The number of rotatable bonds is 7. The normalized spacial score (nSPS) is 19.7. The molecule has 2 heterocycles. The van der Waals surface area contributed by atoms with E-state index in [2.05, 4.69) is 16.0 Å². The number of aliphatic carboxylic acids is 1. The number of hydrogen-bond acceptors (Lipinski definition) is 6. The van der Waals surface area contributed by atoms with Gasteiger partial charge in [-0.1, -0.05) is 23.7 Å². The van der Waals surface area contributed by atoms with Crippen molar-refractivity contribution in [3.05, 3.63) is 95.1 Å². The van der Waals surface area contributed by atoms with Crippen LogP contribution in [0.5, 0.6) is 5.75 Å². The molecule has 0 saturated heterocycles. The molecule has 10 heteroatoms. The lowest BCUT2D eigenvalue weighted by atomic mass is 10.1. The van der Waals surface area contributed by atoms with Crippen LogP contribution in [0.2, 0.25) is 5.02 Å². The molecule has 170 valence electrons. The van der Waals surface area contributed by atoms with Crippen LogP contribution >= 0.6 is 11.6 Å². The van der Waals surface area contributed by atoms with Crippen LogP contribution in [-0.2, 0) is 16.1 Å². The number of carboxylic acids is 1. The highest BCUT2D eigenvalue weighted by atomic mass is 35.5. The second kappa shape index (κ2) is 9.66. The summed E-state index contributed by atoms with van der Waals surface area (Å²) in [6.07, 6.45) is 4.01. The maximum atomic E-state index is 13.8. The average Bonchev–Trinajstić information content (AvgIpc) is 2.80. The van der Waals surface area contributed by atoms with Crippen molar-refractivity contribution in [1.82, 2.24) is 15.5 Å². The molecule has 2 aromatic rings. The number of nitrogens with zero attached hydrogens (tertiary/aromatic N) is 1. The first-order valence-electron chi connectivity index (χ1n) is 9.97. The van der Waals surface area contributed by atoms with Crippen molar-refractivity contribution in [1.29, 1.82) is 0 Å². The number of anilines is 1. The quantitative estimate of drug-likeness (QED) is 0.460. The summed E-state index contributed by atoms with van der Waals surface area (Å²) in [7, 11) is 0. The molecule has 33 heavy (non-hydrogen) atoms. The van der Waals surface area contributed by atoms with Gasteiger partial charge < -0.3 is 25.8 Å². The molecular weight excluding hydrogens is 451 g/mol. The molecule has 4 rings (SSSR count). The minimum atomic E-state index is -1.32. The number of carbonyl (C=O) groups is 2. The number of ether oxygens (including phenoxy) is 1. The van der Waals surface area contributed by atoms with Gasteiger partial charge in [-0.05, 0) is 60.3 Å². The highest BCUT2D eigenvalue weighted by Crippen LogP contribution is 2.23. The van der Waals surface area contributed by atoms with Crippen molar-refractivity contribution in [2.75, 3.05) is 5.32 Å². The van der Waals surface area contributed by atoms with Crippen molar-refractivity contribution in [2.24, 2.45) is 0 Å². The summed E-state index contributed by atoms with van der Waals surface area (Å²) in [5, 5.41) is 18.7. The van der Waals surface area contributed by atoms with Crippen molar-refractivity contribution in [3.8, 4) is 5.75 Å². The first-order valence-corrected chi connectivity index (χ1v) is 10.3. The van der Waals surface area contributed by atoms with Gasteiger partial charge in [0.05, 0.1) is 0 Å². The zero-order valence-electron chi connectivity index (χ0n) is 17.2. The highest BCUT2D eigenvalue weighted by Gasteiger charge is 2.33. The molecule has 2 aromatic carbocycles. The molecule has 1 amide bonds. The lowest BCUT2D eigenvalue weighted by Crippen LogP contribution is -2.55. The molecule has 2 aliphatic rings. The van der Waals surface area contributed by atoms with E-state index in [1.807, 2.05) is 0 Å². The zero-order valence-corrected chi connectivity index (χ0v) is 17.9. The molecule has 2 aliphatic heterocycles. The maximum absolute atomic E-state index is 13.8. The van der Waals surface area contributed by atoms with E-state index in [4.69, 9.17) is 16.3 Å². The fourth-order valence-electron chi connectivity index (χ4n) is 3.27. The van der Waals surface area contributed by atoms with Gasteiger partial charge in [0.1, 0.15) is 11.3 Å². The van der Waals surface area contributed by atoms with E-state index in [-0.39, 0.29) is 12.1 Å². The lowest BCUT2D eigenvalue weighted by molar-refractivity contribution is -0.139. The summed E-state index contributed by atoms with van der Waals surface area (Å²) >= 11 is 5.93. The number of carbonyl (C=O) groups excluding carboxylic acids is 1. The largest absolute Gasteiger partial charge is 0.477 e. The molecule has 2 atom stereocenters. The van der Waals surface area contributed by atoms with Gasteiger partial charge in [0, 0.05) is 23.5 Å². The minimum absolute atomic E-state index is 0.152. The van der Waals surface area contributed by atoms with Crippen LogP contribution in [-0.4, -0.2) is 34.4 Å². The number of benzene rings is 2. The summed E-state index contributed by atoms with van der Waals surface area (Å²) in [6.45, 7) is 0.152. The molecular formula is C23H20ClFN4O4. The third-order valence-corrected chi connectivity index (χ3v) is 5.20. The van der Waals surface area contributed by atoms with Gasteiger partial charge in [0.15, 0.2) is 12.1 Å². The molecule has 0 radical (unpaired) electrons. The topological polar surface area (TPSA) is 103 Å². The van der Waals surface area contributed by atoms with Crippen molar-refractivity contribution >= 4 is 29.2 Å². The summed E-state index contributed by atoms with van der Waals surface area (Å²) in [5.41, 5.74) is 1.05. The second-order valence-corrected chi connectivity index (χ2v) is 7.67. The summed E-state index contributed by atoms with van der Waals surface area (Å²) in [5.74, 6) is -1.95. The van der Waals surface area contributed by atoms with Gasteiger partial charge in [0.25, 0.3) is 5.91 Å². The fourth-order valence-corrected chi connectivity index (χ4v) is 3.40. The van der Waals surface area contributed by atoms with E-state index in [9.17, 15) is 19.1 Å². The van der Waals surface area contributed by atoms with E-state index in [0.29, 0.717) is 16.5 Å². The monoisotopic (exact) mass is 470 g/mol. The third kappa shape index (κ3) is 5.27. The number of halogens is 2. The van der Waals surface area contributed by atoms with Crippen LogP contribution in [0.25, 0.3) is 0 Å². The van der Waals surface area contributed by atoms with Gasteiger partial charge in [-0.2, -0.15) is 0 Å². The molecule has 4 N–H and O–H groups in total. The zero-order chi connectivity index (χ0) is 23.4. The minimum Gasteiger partial charge on any atom is -0.477 e. The van der Waals surface area contributed by atoms with E-state index >= 15 is 0 Å². The predicted molar refractivity (Wildman–Crippen MR) is 121 cm³/mol. The molecule has 0 bridgehead atoms. The summed E-state index contributed by atoms with van der Waals surface area (Å²) < 4.78 is 19.4. The summed E-state index contributed by atoms with van der Waals surface area (Å²) in [4.78, 5) is 25.7. The van der Waals surface area contributed by atoms with Gasteiger partial charge >= 0.3 is 5.97 Å². The Kier molecular flexibility index (Phi) is 6.50. The third-order valence-electron chi connectivity index (χ3n) is 4.95. The Labute approximate surface area is 194 Å². The molecule has 2 unspecified atom stereocenters. The molecule has 0 spiro atoms.